The van der Waals surface area contributed by atoms with E-state index in [1.54, 1.807) is 7.11 Å². The van der Waals surface area contributed by atoms with Crippen LogP contribution in [0.5, 0.6) is 5.75 Å². The molecule has 0 N–H and O–H groups in total. The Morgan fingerprint density at radius 2 is 1.88 bits per heavy atom. The van der Waals surface area contributed by atoms with E-state index in [-0.39, 0.29) is 0 Å². The molecule has 0 aliphatic carbocycles. The molecule has 2 saturated heterocycles. The standard InChI is InChI=1S/C18H25N3OS2/c1-13-3-4-15(22-2)16-17(13)24-18(19-16)21-7-5-14(6-8-21)20-9-11-23-12-10-20/h3-4,14H,5-12H2,1-2H3. The molecule has 0 bridgehead atoms. The van der Waals surface area contributed by atoms with Crippen molar-refractivity contribution < 1.29 is 4.74 Å². The first kappa shape index (κ1) is 16.5. The quantitative estimate of drug-likeness (QED) is 0.830. The number of fused-ring (bicyclic) bond motifs is 1. The lowest BCUT2D eigenvalue weighted by atomic mass is 10.0. The van der Waals surface area contributed by atoms with Gasteiger partial charge in [-0.25, -0.2) is 4.98 Å². The summed E-state index contributed by atoms with van der Waals surface area (Å²) in [6.45, 7) is 6.94. The van der Waals surface area contributed by atoms with E-state index in [0.29, 0.717) is 0 Å². The molecule has 2 aliphatic rings. The van der Waals surface area contributed by atoms with Gasteiger partial charge in [-0.05, 0) is 31.4 Å². The topological polar surface area (TPSA) is 28.6 Å². The Bertz CT molecular complexity index is 704. The predicted molar refractivity (Wildman–Crippen MR) is 105 cm³/mol. The molecule has 0 saturated carbocycles. The first-order valence-corrected chi connectivity index (χ1v) is 10.7. The highest BCUT2D eigenvalue weighted by molar-refractivity contribution is 7.99. The summed E-state index contributed by atoms with van der Waals surface area (Å²) >= 11 is 3.91. The predicted octanol–water partition coefficient (Wildman–Crippen LogP) is 3.63. The van der Waals surface area contributed by atoms with Gasteiger partial charge in [-0.1, -0.05) is 17.4 Å². The third kappa shape index (κ3) is 3.11. The average molecular weight is 364 g/mol. The van der Waals surface area contributed by atoms with Crippen LogP contribution in [0.4, 0.5) is 5.13 Å². The number of aromatic nitrogens is 1. The van der Waals surface area contributed by atoms with Gasteiger partial charge >= 0.3 is 0 Å². The molecular weight excluding hydrogens is 338 g/mol. The van der Waals surface area contributed by atoms with Gasteiger partial charge < -0.3 is 9.64 Å². The lowest BCUT2D eigenvalue weighted by Crippen LogP contribution is -2.47. The van der Waals surface area contributed by atoms with Crippen molar-refractivity contribution in [3.05, 3.63) is 17.7 Å². The van der Waals surface area contributed by atoms with Gasteiger partial charge in [0.05, 0.1) is 11.8 Å². The molecule has 130 valence electrons. The van der Waals surface area contributed by atoms with Crippen LogP contribution in [0, 0.1) is 6.92 Å². The lowest BCUT2D eigenvalue weighted by Gasteiger charge is -2.40. The van der Waals surface area contributed by atoms with Crippen molar-refractivity contribution in [3.8, 4) is 5.75 Å². The van der Waals surface area contributed by atoms with Crippen LogP contribution in [-0.2, 0) is 0 Å². The Hall–Kier alpha value is -0.980. The fourth-order valence-electron chi connectivity index (χ4n) is 3.76. The summed E-state index contributed by atoms with van der Waals surface area (Å²) in [5, 5.41) is 1.16. The SMILES string of the molecule is COc1ccc(C)c2sc(N3CCC(N4CCSCC4)CC3)nc12. The van der Waals surface area contributed by atoms with Crippen LogP contribution < -0.4 is 9.64 Å². The monoisotopic (exact) mass is 363 g/mol. The minimum atomic E-state index is 0.771. The molecule has 2 fully saturated rings. The third-order valence-corrected chi connectivity index (χ3v) is 7.40. The number of hydrogen-bond donors (Lipinski definition) is 0. The number of rotatable bonds is 3. The molecule has 24 heavy (non-hydrogen) atoms. The minimum absolute atomic E-state index is 0.771. The van der Waals surface area contributed by atoms with Gasteiger partial charge in [0.25, 0.3) is 0 Å². The van der Waals surface area contributed by atoms with E-state index < -0.39 is 0 Å². The number of piperidine rings is 1. The van der Waals surface area contributed by atoms with E-state index in [1.807, 2.05) is 17.4 Å². The number of thioether (sulfide) groups is 1. The van der Waals surface area contributed by atoms with Gasteiger partial charge in [0.1, 0.15) is 11.3 Å². The smallest absolute Gasteiger partial charge is 0.186 e. The van der Waals surface area contributed by atoms with Crippen molar-refractivity contribution in [2.75, 3.05) is 49.7 Å². The molecule has 4 rings (SSSR count). The summed E-state index contributed by atoms with van der Waals surface area (Å²) in [7, 11) is 1.73. The molecule has 0 unspecified atom stereocenters. The Morgan fingerprint density at radius 3 is 2.58 bits per heavy atom. The third-order valence-electron chi connectivity index (χ3n) is 5.21. The number of anilines is 1. The number of methoxy groups -OCH3 is 1. The van der Waals surface area contributed by atoms with Gasteiger partial charge in [-0.15, -0.1) is 0 Å². The molecule has 3 heterocycles. The zero-order valence-corrected chi connectivity index (χ0v) is 16.1. The minimum Gasteiger partial charge on any atom is -0.494 e. The molecular formula is C18H25N3OS2. The first-order valence-electron chi connectivity index (χ1n) is 8.77. The fourth-order valence-corrected chi connectivity index (χ4v) is 5.80. The Labute approximate surface area is 152 Å². The summed E-state index contributed by atoms with van der Waals surface area (Å²) in [5.74, 6) is 3.49. The van der Waals surface area contributed by atoms with Crippen molar-refractivity contribution in [2.24, 2.45) is 0 Å². The van der Waals surface area contributed by atoms with Crippen LogP contribution in [0.3, 0.4) is 0 Å². The fraction of sp³-hybridized carbons (Fsp3) is 0.611. The Balaban J connectivity index is 1.49. The number of hydrogen-bond acceptors (Lipinski definition) is 6. The molecule has 2 aliphatic heterocycles. The van der Waals surface area contributed by atoms with E-state index in [2.05, 4.69) is 34.6 Å². The molecule has 6 heteroatoms. The highest BCUT2D eigenvalue weighted by Crippen LogP contribution is 2.37. The number of thiazole rings is 1. The van der Waals surface area contributed by atoms with Crippen molar-refractivity contribution in [1.82, 2.24) is 9.88 Å². The van der Waals surface area contributed by atoms with Crippen LogP contribution >= 0.6 is 23.1 Å². The summed E-state index contributed by atoms with van der Waals surface area (Å²) < 4.78 is 6.76. The maximum atomic E-state index is 5.50. The molecule has 4 nitrogen and oxygen atoms in total. The van der Waals surface area contributed by atoms with Gasteiger partial charge in [0.15, 0.2) is 5.13 Å². The second-order valence-corrected chi connectivity index (χ2v) is 8.83. The van der Waals surface area contributed by atoms with Crippen molar-refractivity contribution in [3.63, 3.8) is 0 Å². The van der Waals surface area contributed by atoms with E-state index in [9.17, 15) is 0 Å². The zero-order chi connectivity index (χ0) is 16.5. The maximum Gasteiger partial charge on any atom is 0.186 e. The van der Waals surface area contributed by atoms with Gasteiger partial charge in [0, 0.05) is 43.7 Å². The van der Waals surface area contributed by atoms with E-state index in [1.165, 1.54) is 47.7 Å². The van der Waals surface area contributed by atoms with Gasteiger partial charge in [-0.3, -0.25) is 4.90 Å². The normalized spacial score (nSPS) is 20.7. The summed E-state index contributed by atoms with van der Waals surface area (Å²) in [6, 6.07) is 4.93. The second-order valence-electron chi connectivity index (χ2n) is 6.63. The summed E-state index contributed by atoms with van der Waals surface area (Å²) in [5.41, 5.74) is 2.31. The summed E-state index contributed by atoms with van der Waals surface area (Å²) in [6.07, 6.45) is 2.52. The van der Waals surface area contributed by atoms with Crippen LogP contribution in [0.2, 0.25) is 0 Å². The highest BCUT2D eigenvalue weighted by atomic mass is 32.2. The second kappa shape index (κ2) is 7.10. The van der Waals surface area contributed by atoms with Crippen LogP contribution in [0.1, 0.15) is 18.4 Å². The lowest BCUT2D eigenvalue weighted by molar-refractivity contribution is 0.186. The average Bonchev–Trinajstić information content (AvgIpc) is 3.09. The molecule has 0 atom stereocenters. The number of nitrogens with zero attached hydrogens (tertiary/aromatic N) is 3. The highest BCUT2D eigenvalue weighted by Gasteiger charge is 2.27. The largest absolute Gasteiger partial charge is 0.494 e. The molecule has 2 aromatic rings. The Morgan fingerprint density at radius 1 is 1.12 bits per heavy atom. The van der Waals surface area contributed by atoms with Crippen molar-refractivity contribution >= 4 is 38.4 Å². The molecule has 0 amide bonds. The number of aryl methyl sites for hydroxylation is 1. The van der Waals surface area contributed by atoms with Crippen LogP contribution in [0.15, 0.2) is 12.1 Å². The van der Waals surface area contributed by atoms with Crippen molar-refractivity contribution in [2.45, 2.75) is 25.8 Å². The van der Waals surface area contributed by atoms with Gasteiger partial charge in [0.2, 0.25) is 0 Å². The first-order chi connectivity index (χ1) is 11.8. The summed E-state index contributed by atoms with van der Waals surface area (Å²) in [4.78, 5) is 10.1. The molecule has 1 aromatic heterocycles. The maximum absolute atomic E-state index is 5.50. The molecule has 0 spiro atoms. The van der Waals surface area contributed by atoms with E-state index in [0.717, 1.165) is 35.5 Å². The van der Waals surface area contributed by atoms with Crippen molar-refractivity contribution in [1.29, 1.82) is 0 Å². The van der Waals surface area contributed by atoms with E-state index >= 15 is 0 Å². The number of ether oxygens (including phenoxy) is 1. The van der Waals surface area contributed by atoms with Crippen LogP contribution in [-0.4, -0.2) is 60.7 Å². The van der Waals surface area contributed by atoms with Crippen LogP contribution in [0.25, 0.3) is 10.2 Å². The number of benzene rings is 1. The molecule has 0 radical (unpaired) electrons. The Kier molecular flexibility index (Phi) is 4.88. The molecule has 1 aromatic carbocycles. The zero-order valence-electron chi connectivity index (χ0n) is 14.5. The van der Waals surface area contributed by atoms with Gasteiger partial charge in [-0.2, -0.15) is 11.8 Å². The van der Waals surface area contributed by atoms with E-state index in [4.69, 9.17) is 9.72 Å².